The van der Waals surface area contributed by atoms with Crippen LogP contribution < -0.4 is 15.4 Å². The highest BCUT2D eigenvalue weighted by molar-refractivity contribution is 5.64. The van der Waals surface area contributed by atoms with Crippen LogP contribution in [0.25, 0.3) is 11.1 Å². The van der Waals surface area contributed by atoms with Crippen LogP contribution >= 0.6 is 0 Å². The van der Waals surface area contributed by atoms with Gasteiger partial charge in [-0.3, -0.25) is 4.98 Å². The van der Waals surface area contributed by atoms with E-state index in [1.54, 1.807) is 12.4 Å². The number of aryl methyl sites for hydroxylation is 1. The van der Waals surface area contributed by atoms with Crippen molar-refractivity contribution in [3.63, 3.8) is 0 Å². The van der Waals surface area contributed by atoms with Crippen molar-refractivity contribution >= 4 is 0 Å². The van der Waals surface area contributed by atoms with Crippen molar-refractivity contribution in [3.8, 4) is 16.9 Å². The highest BCUT2D eigenvalue weighted by Crippen LogP contribution is 2.25. The molecule has 26 heavy (non-hydrogen) atoms. The molecule has 2 heterocycles. The molecule has 3 rings (SSSR count). The summed E-state index contributed by atoms with van der Waals surface area (Å²) in [6.45, 7) is 1.77. The zero-order valence-electron chi connectivity index (χ0n) is 15.5. The van der Waals surface area contributed by atoms with Crippen LogP contribution in [0.4, 0.5) is 4.39 Å². The van der Waals surface area contributed by atoms with Gasteiger partial charge in [-0.15, -0.1) is 0 Å². The van der Waals surface area contributed by atoms with Crippen LogP contribution in [0.1, 0.15) is 18.4 Å². The van der Waals surface area contributed by atoms with Gasteiger partial charge in [0.2, 0.25) is 0 Å². The van der Waals surface area contributed by atoms with Gasteiger partial charge in [0, 0.05) is 24.4 Å². The Morgan fingerprint density at radius 3 is 2.65 bits per heavy atom. The molecule has 0 aliphatic carbocycles. The molecule has 0 saturated carbocycles. The van der Waals surface area contributed by atoms with Gasteiger partial charge in [-0.05, 0) is 69.2 Å². The van der Waals surface area contributed by atoms with E-state index >= 15 is 0 Å². The van der Waals surface area contributed by atoms with Gasteiger partial charge in [-0.1, -0.05) is 6.07 Å². The molecule has 3 N–H and O–H groups in total. The molecule has 0 bridgehead atoms. The van der Waals surface area contributed by atoms with Crippen molar-refractivity contribution in [2.45, 2.75) is 25.3 Å². The number of aliphatic hydroxyl groups excluding tert-OH is 1. The van der Waals surface area contributed by atoms with Crippen LogP contribution in [0.5, 0.6) is 5.75 Å². The van der Waals surface area contributed by atoms with Crippen molar-refractivity contribution in [2.75, 3.05) is 33.9 Å². The van der Waals surface area contributed by atoms with Gasteiger partial charge >= 0.3 is 0 Å². The number of halogens is 1. The predicted octanol–water partition coefficient (Wildman–Crippen LogP) is 2.39. The van der Waals surface area contributed by atoms with E-state index in [-0.39, 0.29) is 12.4 Å². The SMILES string of the molecule is CNC.OCCCc1cc(F)cc(-c2cncc(OCC3CCN3)c2)c1. The maximum atomic E-state index is 13.8. The number of nitrogens with zero attached hydrogens (tertiary/aromatic N) is 1. The summed E-state index contributed by atoms with van der Waals surface area (Å²) in [6, 6.07) is 7.24. The van der Waals surface area contributed by atoms with Gasteiger partial charge in [0.15, 0.2) is 0 Å². The summed E-state index contributed by atoms with van der Waals surface area (Å²) < 4.78 is 19.6. The van der Waals surface area contributed by atoms with Gasteiger partial charge in [-0.25, -0.2) is 4.39 Å². The minimum Gasteiger partial charge on any atom is -0.490 e. The summed E-state index contributed by atoms with van der Waals surface area (Å²) in [7, 11) is 3.75. The summed E-state index contributed by atoms with van der Waals surface area (Å²) in [5, 5.41) is 15.0. The second-order valence-corrected chi connectivity index (χ2v) is 6.34. The van der Waals surface area contributed by atoms with E-state index in [4.69, 9.17) is 9.84 Å². The number of pyridine rings is 1. The van der Waals surface area contributed by atoms with Gasteiger partial charge in [-0.2, -0.15) is 0 Å². The number of aromatic nitrogens is 1. The Hall–Kier alpha value is -2.02. The second-order valence-electron chi connectivity index (χ2n) is 6.34. The first-order valence-corrected chi connectivity index (χ1v) is 8.96. The average Bonchev–Trinajstić information content (AvgIpc) is 2.59. The molecular weight excluding hydrogens is 333 g/mol. The van der Waals surface area contributed by atoms with Crippen LogP contribution in [0.2, 0.25) is 0 Å². The lowest BCUT2D eigenvalue weighted by molar-refractivity contribution is 0.217. The fourth-order valence-corrected chi connectivity index (χ4v) is 2.59. The molecule has 1 fully saturated rings. The number of rotatable bonds is 7. The first-order valence-electron chi connectivity index (χ1n) is 8.96. The number of benzene rings is 1. The van der Waals surface area contributed by atoms with E-state index < -0.39 is 0 Å². The van der Waals surface area contributed by atoms with E-state index in [0.717, 1.165) is 29.7 Å². The van der Waals surface area contributed by atoms with Crippen molar-refractivity contribution in [1.29, 1.82) is 0 Å². The zero-order chi connectivity index (χ0) is 18.8. The largest absolute Gasteiger partial charge is 0.490 e. The molecule has 1 aromatic carbocycles. The Morgan fingerprint density at radius 1 is 1.23 bits per heavy atom. The molecule has 1 aliphatic rings. The fraction of sp³-hybridized carbons (Fsp3) is 0.450. The predicted molar refractivity (Wildman–Crippen MR) is 102 cm³/mol. The van der Waals surface area contributed by atoms with E-state index in [2.05, 4.69) is 15.6 Å². The summed E-state index contributed by atoms with van der Waals surface area (Å²) in [5.41, 5.74) is 2.48. The standard InChI is InChI=1S/C18H21FN2O2.C2H7N/c19-16-7-13(2-1-5-22)6-14(8-16)15-9-18(11-20-10-15)23-12-17-3-4-21-17;1-3-2/h6-11,17,21-22H,1-5,12H2;3H,1-2H3. The Bertz CT molecular complexity index is 678. The molecule has 0 radical (unpaired) electrons. The lowest BCUT2D eigenvalue weighted by atomic mass is 10.0. The van der Waals surface area contributed by atoms with E-state index in [0.29, 0.717) is 31.2 Å². The second kappa shape index (κ2) is 10.9. The lowest BCUT2D eigenvalue weighted by Gasteiger charge is -2.27. The summed E-state index contributed by atoms with van der Waals surface area (Å²) >= 11 is 0. The van der Waals surface area contributed by atoms with Crippen LogP contribution in [0.15, 0.2) is 36.7 Å². The quantitative estimate of drug-likeness (QED) is 0.707. The molecule has 1 saturated heterocycles. The van der Waals surface area contributed by atoms with Gasteiger partial charge < -0.3 is 20.5 Å². The van der Waals surface area contributed by atoms with Gasteiger partial charge in [0.1, 0.15) is 18.2 Å². The summed E-state index contributed by atoms with van der Waals surface area (Å²) in [6.07, 6.45) is 5.79. The Balaban J connectivity index is 0.000000758. The Kier molecular flexibility index (Phi) is 8.47. The van der Waals surface area contributed by atoms with E-state index in [1.807, 2.05) is 26.2 Å². The van der Waals surface area contributed by atoms with Gasteiger partial charge in [0.25, 0.3) is 0 Å². The fourth-order valence-electron chi connectivity index (χ4n) is 2.59. The topological polar surface area (TPSA) is 66.4 Å². The number of aliphatic hydroxyl groups is 1. The average molecular weight is 361 g/mol. The van der Waals surface area contributed by atoms with Crippen LogP contribution in [0, 0.1) is 5.82 Å². The third-order valence-corrected chi connectivity index (χ3v) is 4.00. The van der Waals surface area contributed by atoms with Crippen molar-refractivity contribution in [2.24, 2.45) is 0 Å². The monoisotopic (exact) mass is 361 g/mol. The number of hydrogen-bond acceptors (Lipinski definition) is 5. The molecule has 0 amide bonds. The highest BCUT2D eigenvalue weighted by Gasteiger charge is 2.16. The molecule has 1 aliphatic heterocycles. The summed E-state index contributed by atoms with van der Waals surface area (Å²) in [5.74, 6) is 0.415. The normalized spacial score (nSPS) is 15.6. The smallest absolute Gasteiger partial charge is 0.138 e. The third-order valence-electron chi connectivity index (χ3n) is 4.00. The van der Waals surface area contributed by atoms with Crippen LogP contribution in [0.3, 0.4) is 0 Å². The first kappa shape index (κ1) is 20.3. The first-order chi connectivity index (χ1) is 12.7. The third kappa shape index (κ3) is 6.37. The summed E-state index contributed by atoms with van der Waals surface area (Å²) in [4.78, 5) is 4.20. The number of hydrogen-bond donors (Lipinski definition) is 3. The minimum atomic E-state index is -0.277. The van der Waals surface area contributed by atoms with Gasteiger partial charge in [0.05, 0.1) is 6.20 Å². The Labute approximate surface area is 154 Å². The molecule has 0 spiro atoms. The van der Waals surface area contributed by atoms with Crippen molar-refractivity contribution in [1.82, 2.24) is 15.6 Å². The molecular formula is C20H28FN3O2. The van der Waals surface area contributed by atoms with Crippen molar-refractivity contribution in [3.05, 3.63) is 48.0 Å². The molecule has 1 unspecified atom stereocenters. The van der Waals surface area contributed by atoms with E-state index in [9.17, 15) is 4.39 Å². The zero-order valence-corrected chi connectivity index (χ0v) is 15.5. The van der Waals surface area contributed by atoms with Crippen LogP contribution in [-0.4, -0.2) is 50.0 Å². The molecule has 1 atom stereocenters. The highest BCUT2D eigenvalue weighted by atomic mass is 19.1. The maximum absolute atomic E-state index is 13.8. The Morgan fingerprint density at radius 2 is 2.00 bits per heavy atom. The molecule has 5 nitrogen and oxygen atoms in total. The number of nitrogens with one attached hydrogen (secondary N) is 2. The molecule has 6 heteroatoms. The van der Waals surface area contributed by atoms with Crippen molar-refractivity contribution < 1.29 is 14.2 Å². The maximum Gasteiger partial charge on any atom is 0.138 e. The minimum absolute atomic E-state index is 0.103. The molecule has 142 valence electrons. The molecule has 1 aromatic heterocycles. The number of ether oxygens (including phenoxy) is 1. The lowest BCUT2D eigenvalue weighted by Crippen LogP contribution is -2.46. The van der Waals surface area contributed by atoms with Crippen LogP contribution in [-0.2, 0) is 6.42 Å². The molecule has 2 aromatic rings. The van der Waals surface area contributed by atoms with E-state index in [1.165, 1.54) is 12.1 Å².